The minimum atomic E-state index is -4.95. The highest BCUT2D eigenvalue weighted by molar-refractivity contribution is 7.47. The van der Waals surface area contributed by atoms with Crippen LogP contribution in [0.3, 0.4) is 0 Å². The molecular weight excluding hydrogens is 1130 g/mol. The van der Waals surface area contributed by atoms with Gasteiger partial charge in [-0.05, 0) is 37.5 Å². The maximum absolute atomic E-state index is 13.0. The largest absolute Gasteiger partial charge is 0.472 e. The number of carbonyl (C=O) groups is 4. The van der Waals surface area contributed by atoms with Gasteiger partial charge in [0.2, 0.25) is 0 Å². The second-order valence-electron chi connectivity index (χ2n) is 24.8. The number of hydrogen-bond donors (Lipinski definition) is 3. The Morgan fingerprint density at radius 1 is 0.318 bits per heavy atom. The Hall–Kier alpha value is -1.94. The van der Waals surface area contributed by atoms with Gasteiger partial charge in [-0.2, -0.15) is 0 Å². The minimum Gasteiger partial charge on any atom is -0.462 e. The van der Waals surface area contributed by atoms with E-state index in [1.54, 1.807) is 0 Å². The van der Waals surface area contributed by atoms with Crippen molar-refractivity contribution in [2.45, 2.75) is 349 Å². The van der Waals surface area contributed by atoms with Gasteiger partial charge in [-0.3, -0.25) is 37.3 Å². The van der Waals surface area contributed by atoms with Gasteiger partial charge in [0.15, 0.2) is 12.2 Å². The first-order chi connectivity index (χ1) is 40.9. The summed E-state index contributed by atoms with van der Waals surface area (Å²) < 4.78 is 68.0. The molecule has 0 aromatic carbocycles. The molecule has 0 saturated carbocycles. The van der Waals surface area contributed by atoms with Crippen LogP contribution in [-0.4, -0.2) is 96.7 Å². The highest BCUT2D eigenvalue weighted by Gasteiger charge is 2.30. The molecule has 0 bridgehead atoms. The third kappa shape index (κ3) is 60.7. The van der Waals surface area contributed by atoms with Gasteiger partial charge in [0, 0.05) is 25.7 Å². The normalized spacial score (nSPS) is 14.2. The van der Waals surface area contributed by atoms with Crippen LogP contribution in [0.25, 0.3) is 0 Å². The zero-order chi connectivity index (χ0) is 62.9. The molecule has 0 aliphatic carbocycles. The lowest BCUT2D eigenvalue weighted by Crippen LogP contribution is -2.30. The van der Waals surface area contributed by atoms with E-state index in [1.807, 2.05) is 0 Å². The Balaban J connectivity index is 5.20. The van der Waals surface area contributed by atoms with Crippen LogP contribution < -0.4 is 0 Å². The predicted octanol–water partition coefficient (Wildman–Crippen LogP) is 18.4. The molecule has 0 heterocycles. The summed E-state index contributed by atoms with van der Waals surface area (Å²) in [6.07, 6.45) is 41.8. The monoisotopic (exact) mass is 1250 g/mol. The molecule has 0 amide bonds. The van der Waals surface area contributed by atoms with Gasteiger partial charge in [0.05, 0.1) is 26.4 Å². The first-order valence-electron chi connectivity index (χ1n) is 34.5. The maximum Gasteiger partial charge on any atom is 0.472 e. The van der Waals surface area contributed by atoms with Gasteiger partial charge in [-0.15, -0.1) is 0 Å². The fourth-order valence-electron chi connectivity index (χ4n) is 9.88. The van der Waals surface area contributed by atoms with Gasteiger partial charge in [-0.25, -0.2) is 9.13 Å². The smallest absolute Gasteiger partial charge is 0.462 e. The minimum absolute atomic E-state index is 0.105. The summed E-state index contributed by atoms with van der Waals surface area (Å²) >= 11 is 0. The molecule has 0 aromatic rings. The Bertz CT molecular complexity index is 1670. The van der Waals surface area contributed by atoms with Crippen LogP contribution in [0.1, 0.15) is 330 Å². The molecular formula is C66H128O17P2. The van der Waals surface area contributed by atoms with E-state index in [2.05, 4.69) is 41.5 Å². The van der Waals surface area contributed by atoms with Crippen LogP contribution in [0.4, 0.5) is 0 Å². The predicted molar refractivity (Wildman–Crippen MR) is 340 cm³/mol. The lowest BCUT2D eigenvalue weighted by Gasteiger charge is -2.21. The Morgan fingerprint density at radius 3 is 0.800 bits per heavy atom. The quantitative estimate of drug-likeness (QED) is 0.0222. The second kappa shape index (κ2) is 58.4. The molecule has 3 N–H and O–H groups in total. The van der Waals surface area contributed by atoms with E-state index in [4.69, 9.17) is 37.0 Å². The summed E-state index contributed by atoms with van der Waals surface area (Å²) in [5.41, 5.74) is 0. The van der Waals surface area contributed by atoms with Crippen molar-refractivity contribution in [3.05, 3.63) is 0 Å². The maximum atomic E-state index is 13.0. The van der Waals surface area contributed by atoms with E-state index in [0.29, 0.717) is 25.7 Å². The van der Waals surface area contributed by atoms with Gasteiger partial charge in [0.1, 0.15) is 19.3 Å². The fourth-order valence-corrected chi connectivity index (χ4v) is 11.5. The molecule has 0 aromatic heterocycles. The van der Waals surface area contributed by atoms with Gasteiger partial charge in [-0.1, -0.05) is 279 Å². The topological polar surface area (TPSA) is 237 Å². The van der Waals surface area contributed by atoms with Crippen LogP contribution in [0.2, 0.25) is 0 Å². The number of rotatable bonds is 65. The molecule has 0 aliphatic heterocycles. The van der Waals surface area contributed by atoms with Gasteiger partial charge < -0.3 is 33.8 Å². The van der Waals surface area contributed by atoms with Crippen molar-refractivity contribution < 1.29 is 80.2 Å². The zero-order valence-corrected chi connectivity index (χ0v) is 56.7. The number of aliphatic hydroxyl groups excluding tert-OH is 1. The first kappa shape index (κ1) is 83.1. The van der Waals surface area contributed by atoms with Gasteiger partial charge >= 0.3 is 39.5 Å². The average Bonchev–Trinajstić information content (AvgIpc) is 3.48. The molecule has 504 valence electrons. The second-order valence-corrected chi connectivity index (χ2v) is 27.7. The van der Waals surface area contributed by atoms with Crippen molar-refractivity contribution in [2.24, 2.45) is 11.8 Å². The average molecular weight is 1260 g/mol. The van der Waals surface area contributed by atoms with E-state index in [-0.39, 0.29) is 25.7 Å². The Kier molecular flexibility index (Phi) is 57.1. The number of hydrogen-bond acceptors (Lipinski definition) is 15. The van der Waals surface area contributed by atoms with E-state index in [0.717, 1.165) is 115 Å². The number of phosphoric acid groups is 2. The lowest BCUT2D eigenvalue weighted by atomic mass is 10.0. The van der Waals surface area contributed by atoms with Crippen LogP contribution in [0, 0.1) is 11.8 Å². The summed E-state index contributed by atoms with van der Waals surface area (Å²) in [7, 11) is -9.88. The number of phosphoric ester groups is 2. The number of unbranched alkanes of at least 4 members (excludes halogenated alkanes) is 35. The van der Waals surface area contributed by atoms with E-state index >= 15 is 0 Å². The molecule has 19 heteroatoms. The first-order valence-corrected chi connectivity index (χ1v) is 37.5. The van der Waals surface area contributed by atoms with Crippen molar-refractivity contribution in [3.8, 4) is 0 Å². The molecule has 0 radical (unpaired) electrons. The molecule has 0 spiro atoms. The third-order valence-corrected chi connectivity index (χ3v) is 17.1. The summed E-state index contributed by atoms with van der Waals surface area (Å²) in [6.45, 7) is 9.47. The molecule has 5 atom stereocenters. The van der Waals surface area contributed by atoms with Crippen LogP contribution in [0.5, 0.6) is 0 Å². The van der Waals surface area contributed by atoms with Crippen molar-refractivity contribution in [3.63, 3.8) is 0 Å². The SMILES string of the molecule is CCCCCCCCCCCC(=O)O[C@H](COC(=O)CCCCCCCCC)COP(=O)(O)OC[C@H](O)COP(=O)(O)OC[C@@H](COC(=O)CCCCCCCCCCCCC(C)C)OC(=O)CCCCCCCCCCCCCCCC(C)C. The summed E-state index contributed by atoms with van der Waals surface area (Å²) in [5, 5.41) is 10.5. The molecule has 2 unspecified atom stereocenters. The van der Waals surface area contributed by atoms with Crippen LogP contribution >= 0.6 is 15.6 Å². The summed E-state index contributed by atoms with van der Waals surface area (Å²) in [4.78, 5) is 72.2. The van der Waals surface area contributed by atoms with Crippen LogP contribution in [0.15, 0.2) is 0 Å². The van der Waals surface area contributed by atoms with E-state index in [1.165, 1.54) is 135 Å². The third-order valence-electron chi connectivity index (χ3n) is 15.2. The van der Waals surface area contributed by atoms with E-state index < -0.39 is 97.5 Å². The summed E-state index contributed by atoms with van der Waals surface area (Å²) in [6, 6.07) is 0. The van der Waals surface area contributed by atoms with Gasteiger partial charge in [0.25, 0.3) is 0 Å². The van der Waals surface area contributed by atoms with Crippen molar-refractivity contribution in [1.29, 1.82) is 0 Å². The highest BCUT2D eigenvalue weighted by atomic mass is 31.2. The number of carbonyl (C=O) groups excluding carboxylic acids is 4. The van der Waals surface area contributed by atoms with E-state index in [9.17, 15) is 43.2 Å². The Labute approximate surface area is 517 Å². The van der Waals surface area contributed by atoms with Crippen molar-refractivity contribution >= 4 is 39.5 Å². The molecule has 0 rings (SSSR count). The number of aliphatic hydroxyl groups is 1. The standard InChI is InChI=1S/C66H128O17P2/c1-7-9-11-13-15-23-32-38-44-50-65(70)82-61(54-76-63(68)48-42-36-28-14-12-10-8-2)56-80-84(72,73)78-52-60(67)53-79-85(74,75)81-57-62(55-77-64(69)49-43-37-31-26-22-21-25-30-35-41-47-59(5)6)83-66(71)51-45-39-33-27-20-18-16-17-19-24-29-34-40-46-58(3)4/h58-62,67H,7-57H2,1-6H3,(H,72,73)(H,74,75)/t60-,61+,62+/m0/s1. The molecule has 0 fully saturated rings. The van der Waals surface area contributed by atoms with Crippen molar-refractivity contribution in [2.75, 3.05) is 39.6 Å². The molecule has 17 nitrogen and oxygen atoms in total. The Morgan fingerprint density at radius 2 is 0.541 bits per heavy atom. The molecule has 0 saturated heterocycles. The summed E-state index contributed by atoms with van der Waals surface area (Å²) in [5.74, 6) is -0.590. The number of esters is 4. The molecule has 0 aliphatic rings. The van der Waals surface area contributed by atoms with Crippen LogP contribution in [-0.2, 0) is 65.4 Å². The molecule has 85 heavy (non-hydrogen) atoms. The lowest BCUT2D eigenvalue weighted by molar-refractivity contribution is -0.161. The highest BCUT2D eigenvalue weighted by Crippen LogP contribution is 2.45. The zero-order valence-electron chi connectivity index (χ0n) is 54.9. The van der Waals surface area contributed by atoms with Crippen molar-refractivity contribution in [1.82, 2.24) is 0 Å². The number of ether oxygens (including phenoxy) is 4. The fraction of sp³-hybridized carbons (Fsp3) is 0.939.